The number of halogens is 2. The van der Waals surface area contributed by atoms with Crippen molar-refractivity contribution in [2.45, 2.75) is 6.54 Å². The second-order valence-corrected chi connectivity index (χ2v) is 7.58. The average Bonchev–Trinajstić information content (AvgIpc) is 3.05. The molecule has 1 aliphatic rings. The smallest absolute Gasteiger partial charge is 0.258 e. The molecule has 0 saturated carbocycles. The first-order valence-electron chi connectivity index (χ1n) is 7.84. The summed E-state index contributed by atoms with van der Waals surface area (Å²) < 4.78 is 1.57. The Bertz CT molecular complexity index is 965. The van der Waals surface area contributed by atoms with Gasteiger partial charge in [0.25, 0.3) is 5.56 Å². The van der Waals surface area contributed by atoms with E-state index in [9.17, 15) is 4.79 Å². The van der Waals surface area contributed by atoms with Crippen LogP contribution in [0.15, 0.2) is 34.7 Å². The number of aromatic nitrogens is 3. The van der Waals surface area contributed by atoms with E-state index in [0.29, 0.717) is 16.6 Å². The van der Waals surface area contributed by atoms with Gasteiger partial charge in [0, 0.05) is 56.6 Å². The zero-order chi connectivity index (χ0) is 17.4. The topological polar surface area (TPSA) is 53.7 Å². The number of piperazine rings is 1. The molecule has 0 bridgehead atoms. The lowest BCUT2D eigenvalue weighted by atomic mass is 10.2. The van der Waals surface area contributed by atoms with Crippen LogP contribution in [0.5, 0.6) is 0 Å². The van der Waals surface area contributed by atoms with E-state index >= 15 is 0 Å². The van der Waals surface area contributed by atoms with Gasteiger partial charge in [-0.3, -0.25) is 14.1 Å². The predicted octanol–water partition coefficient (Wildman–Crippen LogP) is 2.78. The first-order valence-corrected chi connectivity index (χ1v) is 9.48. The third-order valence-corrected chi connectivity index (χ3v) is 5.44. The Morgan fingerprint density at radius 2 is 1.96 bits per heavy atom. The third-order valence-electron chi connectivity index (χ3n) is 4.20. The lowest BCUT2D eigenvalue weighted by molar-refractivity contribution is 0.246. The van der Waals surface area contributed by atoms with Crippen molar-refractivity contribution in [1.82, 2.24) is 19.3 Å². The zero-order valence-electron chi connectivity index (χ0n) is 13.2. The molecule has 1 aliphatic heterocycles. The Kier molecular flexibility index (Phi) is 4.64. The van der Waals surface area contributed by atoms with Gasteiger partial charge in [-0.15, -0.1) is 11.3 Å². The first kappa shape index (κ1) is 16.8. The number of anilines is 1. The van der Waals surface area contributed by atoms with E-state index in [1.165, 1.54) is 11.3 Å². The summed E-state index contributed by atoms with van der Waals surface area (Å²) in [5.74, 6) is 0.766. The number of pyridine rings is 1. The molecule has 0 amide bonds. The molecular formula is C16H15Cl2N5OS. The molecule has 0 aromatic carbocycles. The van der Waals surface area contributed by atoms with Crippen LogP contribution >= 0.6 is 34.5 Å². The largest absolute Gasteiger partial charge is 0.353 e. The molecule has 25 heavy (non-hydrogen) atoms. The first-order chi connectivity index (χ1) is 12.1. The van der Waals surface area contributed by atoms with E-state index < -0.39 is 0 Å². The minimum Gasteiger partial charge on any atom is -0.353 e. The number of fused-ring (bicyclic) bond motifs is 1. The van der Waals surface area contributed by atoms with Crippen molar-refractivity contribution in [1.29, 1.82) is 0 Å². The van der Waals surface area contributed by atoms with Crippen LogP contribution in [0.4, 0.5) is 5.82 Å². The van der Waals surface area contributed by atoms with E-state index in [2.05, 4.69) is 19.8 Å². The van der Waals surface area contributed by atoms with Crippen molar-refractivity contribution in [3.63, 3.8) is 0 Å². The lowest BCUT2D eigenvalue weighted by Crippen LogP contribution is -2.46. The van der Waals surface area contributed by atoms with Gasteiger partial charge in [-0.05, 0) is 6.07 Å². The molecule has 4 rings (SSSR count). The second kappa shape index (κ2) is 6.92. The van der Waals surface area contributed by atoms with Crippen LogP contribution in [0, 0.1) is 0 Å². The summed E-state index contributed by atoms with van der Waals surface area (Å²) >= 11 is 13.6. The van der Waals surface area contributed by atoms with E-state index in [1.807, 2.05) is 5.38 Å². The van der Waals surface area contributed by atoms with Crippen LogP contribution in [-0.2, 0) is 6.54 Å². The van der Waals surface area contributed by atoms with Crippen molar-refractivity contribution in [3.8, 4) is 0 Å². The quantitative estimate of drug-likeness (QED) is 0.682. The van der Waals surface area contributed by atoms with Crippen molar-refractivity contribution in [2.24, 2.45) is 0 Å². The lowest BCUT2D eigenvalue weighted by Gasteiger charge is -2.35. The molecule has 3 aromatic rings. The fourth-order valence-electron chi connectivity index (χ4n) is 2.96. The molecular weight excluding hydrogens is 381 g/mol. The van der Waals surface area contributed by atoms with Gasteiger partial charge < -0.3 is 4.90 Å². The Hall–Kier alpha value is -1.67. The monoisotopic (exact) mass is 395 g/mol. The van der Waals surface area contributed by atoms with Crippen LogP contribution in [-0.4, -0.2) is 45.4 Å². The highest BCUT2D eigenvalue weighted by atomic mass is 35.5. The molecule has 0 unspecified atom stereocenters. The summed E-state index contributed by atoms with van der Waals surface area (Å²) in [6, 6.07) is 3.33. The Morgan fingerprint density at radius 3 is 2.72 bits per heavy atom. The number of thiazole rings is 1. The van der Waals surface area contributed by atoms with Gasteiger partial charge in [0.1, 0.15) is 5.82 Å². The van der Waals surface area contributed by atoms with Gasteiger partial charge >= 0.3 is 0 Å². The molecule has 1 fully saturated rings. The molecule has 0 aliphatic carbocycles. The number of rotatable bonds is 3. The molecule has 6 nitrogen and oxygen atoms in total. The van der Waals surface area contributed by atoms with E-state index in [4.69, 9.17) is 23.2 Å². The van der Waals surface area contributed by atoms with Gasteiger partial charge in [0.2, 0.25) is 0 Å². The highest BCUT2D eigenvalue weighted by Gasteiger charge is 2.20. The standard InChI is InChI=1S/C16H15Cl2N5OS/c17-11-7-13(18)15(19-9-11)22-3-1-21(2-4-22)10-12-8-14(24)23-5-6-25-16(23)20-12/h5-9H,1-4,10H2. The second-order valence-electron chi connectivity index (χ2n) is 5.86. The SMILES string of the molecule is O=c1cc(CN2CCN(c3ncc(Cl)cc3Cl)CC2)nc2sccn12. The predicted molar refractivity (Wildman–Crippen MR) is 101 cm³/mol. The maximum atomic E-state index is 12.1. The summed E-state index contributed by atoms with van der Waals surface area (Å²) in [4.78, 5) is 26.2. The molecule has 3 aromatic heterocycles. The van der Waals surface area contributed by atoms with Crippen molar-refractivity contribution >= 4 is 45.3 Å². The fourth-order valence-corrected chi connectivity index (χ4v) is 4.19. The average molecular weight is 396 g/mol. The summed E-state index contributed by atoms with van der Waals surface area (Å²) in [7, 11) is 0. The Labute approximate surface area is 158 Å². The van der Waals surface area contributed by atoms with Gasteiger partial charge in [-0.1, -0.05) is 23.2 Å². The van der Waals surface area contributed by atoms with Crippen molar-refractivity contribution in [3.05, 3.63) is 56.0 Å². The molecule has 130 valence electrons. The third kappa shape index (κ3) is 3.50. The van der Waals surface area contributed by atoms with Crippen molar-refractivity contribution in [2.75, 3.05) is 31.1 Å². The molecule has 0 radical (unpaired) electrons. The molecule has 4 heterocycles. The molecule has 0 atom stereocenters. The van der Waals surface area contributed by atoms with Crippen LogP contribution in [0.3, 0.4) is 0 Å². The van der Waals surface area contributed by atoms with E-state index in [0.717, 1.165) is 42.7 Å². The van der Waals surface area contributed by atoms with Gasteiger partial charge in [-0.2, -0.15) is 0 Å². The summed E-state index contributed by atoms with van der Waals surface area (Å²) in [5, 5.41) is 2.97. The van der Waals surface area contributed by atoms with Crippen LogP contribution in [0.1, 0.15) is 5.69 Å². The summed E-state index contributed by atoms with van der Waals surface area (Å²) in [5.41, 5.74) is 0.778. The zero-order valence-corrected chi connectivity index (χ0v) is 15.6. The molecule has 9 heteroatoms. The van der Waals surface area contributed by atoms with Crippen molar-refractivity contribution < 1.29 is 0 Å². The number of hydrogen-bond donors (Lipinski definition) is 0. The van der Waals surface area contributed by atoms with E-state index in [-0.39, 0.29) is 5.56 Å². The molecule has 0 spiro atoms. The molecule has 1 saturated heterocycles. The highest BCUT2D eigenvalue weighted by Crippen LogP contribution is 2.26. The van der Waals surface area contributed by atoms with Crippen LogP contribution in [0.2, 0.25) is 10.0 Å². The van der Waals surface area contributed by atoms with Gasteiger partial charge in [-0.25, -0.2) is 9.97 Å². The fraction of sp³-hybridized carbons (Fsp3) is 0.312. The minimum absolute atomic E-state index is 0.0305. The maximum Gasteiger partial charge on any atom is 0.258 e. The number of nitrogens with zero attached hydrogens (tertiary/aromatic N) is 5. The van der Waals surface area contributed by atoms with Crippen LogP contribution < -0.4 is 10.5 Å². The number of hydrogen-bond acceptors (Lipinski definition) is 6. The van der Waals surface area contributed by atoms with E-state index in [1.54, 1.807) is 28.9 Å². The van der Waals surface area contributed by atoms with Crippen LogP contribution in [0.25, 0.3) is 4.96 Å². The summed E-state index contributed by atoms with van der Waals surface area (Å²) in [6.07, 6.45) is 3.36. The normalized spacial score (nSPS) is 15.8. The molecule has 0 N–H and O–H groups in total. The maximum absolute atomic E-state index is 12.1. The van der Waals surface area contributed by atoms with Gasteiger partial charge in [0.15, 0.2) is 4.96 Å². The minimum atomic E-state index is -0.0305. The summed E-state index contributed by atoms with van der Waals surface area (Å²) in [6.45, 7) is 4.00. The highest BCUT2D eigenvalue weighted by molar-refractivity contribution is 7.15. The Balaban J connectivity index is 1.43. The Morgan fingerprint density at radius 1 is 1.16 bits per heavy atom. The van der Waals surface area contributed by atoms with Gasteiger partial charge in [0.05, 0.1) is 15.7 Å².